The van der Waals surface area contributed by atoms with Crippen LogP contribution in [0.4, 0.5) is 5.69 Å². The Hall–Kier alpha value is -3.17. The summed E-state index contributed by atoms with van der Waals surface area (Å²) in [5.74, 6) is 1.48. The van der Waals surface area contributed by atoms with E-state index in [0.717, 1.165) is 5.69 Å². The topological polar surface area (TPSA) is 72.7 Å². The number of allylic oxidation sites excluding steroid dienone is 1. The highest BCUT2D eigenvalue weighted by Crippen LogP contribution is 2.40. The second-order valence-corrected chi connectivity index (χ2v) is 5.53. The van der Waals surface area contributed by atoms with E-state index < -0.39 is 0 Å². The monoisotopic (exact) mass is 368 g/mol. The zero-order valence-corrected chi connectivity index (χ0v) is 15.8. The van der Waals surface area contributed by atoms with Gasteiger partial charge in [-0.3, -0.25) is 0 Å². The van der Waals surface area contributed by atoms with Gasteiger partial charge in [0.1, 0.15) is 6.61 Å². The van der Waals surface area contributed by atoms with Gasteiger partial charge < -0.3 is 24.3 Å². The molecule has 0 unspecified atom stereocenters. The molecule has 0 bridgehead atoms. The van der Waals surface area contributed by atoms with Crippen LogP contribution in [0, 0.1) is 11.3 Å². The number of hydrogen-bond acceptors (Lipinski definition) is 6. The molecule has 2 aromatic rings. The second-order valence-electron chi connectivity index (χ2n) is 5.53. The van der Waals surface area contributed by atoms with Gasteiger partial charge in [0.25, 0.3) is 0 Å². The van der Waals surface area contributed by atoms with Gasteiger partial charge in [-0.05, 0) is 35.9 Å². The fourth-order valence-corrected chi connectivity index (χ4v) is 2.46. The molecule has 0 aliphatic heterocycles. The summed E-state index contributed by atoms with van der Waals surface area (Å²) in [5.41, 5.74) is 2.20. The van der Waals surface area contributed by atoms with Gasteiger partial charge in [-0.25, -0.2) is 0 Å². The highest BCUT2D eigenvalue weighted by atomic mass is 16.6. The Kier molecular flexibility index (Phi) is 8.01. The first-order valence-electron chi connectivity index (χ1n) is 8.50. The van der Waals surface area contributed by atoms with Crippen molar-refractivity contribution in [1.29, 1.82) is 5.26 Å². The quantitative estimate of drug-likeness (QED) is 0.509. The third-order valence-electron chi connectivity index (χ3n) is 3.81. The van der Waals surface area contributed by atoms with Crippen molar-refractivity contribution in [3.05, 3.63) is 54.1 Å². The Balaban J connectivity index is 2.23. The van der Waals surface area contributed by atoms with Crippen molar-refractivity contribution in [3.63, 3.8) is 0 Å². The molecule has 142 valence electrons. The predicted molar refractivity (Wildman–Crippen MR) is 105 cm³/mol. The Morgan fingerprint density at radius 2 is 1.70 bits per heavy atom. The SMILES string of the molecule is COCCOc1c(OC)cc(/C(C#N)=C\CNc2ccccc2)cc1OC. The third-order valence-corrected chi connectivity index (χ3v) is 3.81. The lowest BCUT2D eigenvalue weighted by atomic mass is 10.1. The first-order valence-corrected chi connectivity index (χ1v) is 8.50. The maximum atomic E-state index is 9.57. The first kappa shape index (κ1) is 20.1. The number of rotatable bonds is 10. The molecular weight excluding hydrogens is 344 g/mol. The maximum Gasteiger partial charge on any atom is 0.203 e. The summed E-state index contributed by atoms with van der Waals surface area (Å²) in [5, 5.41) is 12.8. The number of nitriles is 1. The van der Waals surface area contributed by atoms with Gasteiger partial charge in [-0.2, -0.15) is 5.26 Å². The fraction of sp³-hybridized carbons (Fsp3) is 0.286. The molecule has 0 aliphatic carbocycles. The molecule has 6 nitrogen and oxygen atoms in total. The van der Waals surface area contributed by atoms with Gasteiger partial charge in [0, 0.05) is 19.3 Å². The average Bonchev–Trinajstić information content (AvgIpc) is 2.72. The van der Waals surface area contributed by atoms with E-state index >= 15 is 0 Å². The summed E-state index contributed by atoms with van der Waals surface area (Å²) >= 11 is 0. The maximum absolute atomic E-state index is 9.57. The Morgan fingerprint density at radius 3 is 2.26 bits per heavy atom. The van der Waals surface area contributed by atoms with E-state index in [9.17, 15) is 5.26 Å². The Labute approximate surface area is 159 Å². The predicted octanol–water partition coefficient (Wildman–Crippen LogP) is 3.75. The number of benzene rings is 2. The van der Waals surface area contributed by atoms with Crippen LogP contribution in [0.2, 0.25) is 0 Å². The minimum atomic E-state index is 0.366. The lowest BCUT2D eigenvalue weighted by Gasteiger charge is -2.16. The zero-order valence-electron chi connectivity index (χ0n) is 15.8. The van der Waals surface area contributed by atoms with E-state index in [4.69, 9.17) is 18.9 Å². The number of nitrogens with one attached hydrogen (secondary N) is 1. The summed E-state index contributed by atoms with van der Waals surface area (Å²) < 4.78 is 21.6. The van der Waals surface area contributed by atoms with Crippen LogP contribution in [0.25, 0.3) is 5.57 Å². The van der Waals surface area contributed by atoms with Gasteiger partial charge in [0.05, 0.1) is 32.5 Å². The van der Waals surface area contributed by atoms with Crippen LogP contribution in [0.5, 0.6) is 17.2 Å². The van der Waals surface area contributed by atoms with Crippen LogP contribution in [0.1, 0.15) is 5.56 Å². The van der Waals surface area contributed by atoms with Crippen molar-refractivity contribution in [3.8, 4) is 23.3 Å². The van der Waals surface area contributed by atoms with Gasteiger partial charge in [-0.15, -0.1) is 0 Å². The molecule has 0 heterocycles. The van der Waals surface area contributed by atoms with Crippen LogP contribution in [-0.2, 0) is 4.74 Å². The molecular formula is C21H24N2O4. The van der Waals surface area contributed by atoms with Crippen molar-refractivity contribution >= 4 is 11.3 Å². The third kappa shape index (κ3) is 5.66. The minimum Gasteiger partial charge on any atom is -0.493 e. The van der Waals surface area contributed by atoms with Gasteiger partial charge in [0.2, 0.25) is 5.75 Å². The highest BCUT2D eigenvalue weighted by molar-refractivity contribution is 5.80. The molecule has 0 aromatic heterocycles. The molecule has 0 atom stereocenters. The Morgan fingerprint density at radius 1 is 1.04 bits per heavy atom. The summed E-state index contributed by atoms with van der Waals surface area (Å²) in [6, 6.07) is 15.6. The average molecular weight is 368 g/mol. The largest absolute Gasteiger partial charge is 0.493 e. The van der Waals surface area contributed by atoms with Crippen molar-refractivity contribution < 1.29 is 18.9 Å². The first-order chi connectivity index (χ1) is 13.2. The molecule has 0 spiro atoms. The molecule has 6 heteroatoms. The lowest BCUT2D eigenvalue weighted by molar-refractivity contribution is 0.142. The summed E-state index contributed by atoms with van der Waals surface area (Å²) in [4.78, 5) is 0. The molecule has 0 saturated carbocycles. The number of anilines is 1. The van der Waals surface area contributed by atoms with Gasteiger partial charge in [0.15, 0.2) is 11.5 Å². The van der Waals surface area contributed by atoms with E-state index in [0.29, 0.717) is 48.1 Å². The normalized spacial score (nSPS) is 10.8. The van der Waals surface area contributed by atoms with Crippen molar-refractivity contribution in [1.82, 2.24) is 0 Å². The van der Waals surface area contributed by atoms with Crippen molar-refractivity contribution in [2.24, 2.45) is 0 Å². The van der Waals surface area contributed by atoms with Crippen molar-refractivity contribution in [2.45, 2.75) is 0 Å². The van der Waals surface area contributed by atoms with Crippen LogP contribution in [0.15, 0.2) is 48.5 Å². The molecule has 0 radical (unpaired) electrons. The summed E-state index contributed by atoms with van der Waals surface area (Å²) in [7, 11) is 4.71. The highest BCUT2D eigenvalue weighted by Gasteiger charge is 2.16. The number of hydrogen-bond donors (Lipinski definition) is 1. The standard InChI is InChI=1S/C21H24N2O4/c1-24-11-12-27-21-19(25-2)13-17(14-20(21)26-3)16(15-22)9-10-23-18-7-5-4-6-8-18/h4-9,13-14,23H,10-12H2,1-3H3/b16-9-. The number of nitrogens with zero attached hydrogens (tertiary/aromatic N) is 1. The van der Waals surface area contributed by atoms with E-state index in [1.807, 2.05) is 36.4 Å². The van der Waals surface area contributed by atoms with Crippen LogP contribution in [-0.4, -0.2) is 41.1 Å². The zero-order chi connectivity index (χ0) is 19.5. The molecule has 0 saturated heterocycles. The van der Waals surface area contributed by atoms with E-state index in [-0.39, 0.29) is 0 Å². The molecule has 2 rings (SSSR count). The van der Waals surface area contributed by atoms with Gasteiger partial charge >= 0.3 is 0 Å². The number of para-hydroxylation sites is 1. The van der Waals surface area contributed by atoms with E-state index in [1.165, 1.54) is 0 Å². The fourth-order valence-electron chi connectivity index (χ4n) is 2.46. The molecule has 1 N–H and O–H groups in total. The molecule has 0 fully saturated rings. The van der Waals surface area contributed by atoms with E-state index in [2.05, 4.69) is 11.4 Å². The Bertz CT molecular complexity index is 773. The lowest BCUT2D eigenvalue weighted by Crippen LogP contribution is -2.07. The van der Waals surface area contributed by atoms with Crippen LogP contribution in [0.3, 0.4) is 0 Å². The minimum absolute atomic E-state index is 0.366. The van der Waals surface area contributed by atoms with Crippen LogP contribution < -0.4 is 19.5 Å². The van der Waals surface area contributed by atoms with E-state index in [1.54, 1.807) is 33.5 Å². The summed E-state index contributed by atoms with van der Waals surface area (Å²) in [6.07, 6.45) is 1.83. The smallest absolute Gasteiger partial charge is 0.203 e. The second kappa shape index (κ2) is 10.7. The molecule has 0 aliphatic rings. The molecule has 27 heavy (non-hydrogen) atoms. The van der Waals surface area contributed by atoms with Crippen LogP contribution >= 0.6 is 0 Å². The molecule has 0 amide bonds. The molecule has 2 aromatic carbocycles. The number of ether oxygens (including phenoxy) is 4. The van der Waals surface area contributed by atoms with Crippen molar-refractivity contribution in [2.75, 3.05) is 46.4 Å². The van der Waals surface area contributed by atoms with Gasteiger partial charge in [-0.1, -0.05) is 18.2 Å². The summed E-state index contributed by atoms with van der Waals surface area (Å²) in [6.45, 7) is 1.33. The number of methoxy groups -OCH3 is 3.